The summed E-state index contributed by atoms with van der Waals surface area (Å²) in [4.78, 5) is 31.0. The molecule has 1 aliphatic rings. The lowest BCUT2D eigenvalue weighted by Crippen LogP contribution is -2.24. The number of hydrogen-bond donors (Lipinski definition) is 1. The molecule has 0 saturated heterocycles. The van der Waals surface area contributed by atoms with Gasteiger partial charge in [-0.1, -0.05) is 47.7 Å². The van der Waals surface area contributed by atoms with E-state index in [4.69, 9.17) is 4.98 Å². The van der Waals surface area contributed by atoms with Crippen LogP contribution in [0.25, 0.3) is 5.69 Å². The van der Waals surface area contributed by atoms with Crippen LogP contribution in [0.15, 0.2) is 39.1 Å². The first kappa shape index (κ1) is 20.1. The van der Waals surface area contributed by atoms with Gasteiger partial charge in [0.2, 0.25) is 11.0 Å². The molecule has 0 saturated carbocycles. The maximum absolute atomic E-state index is 13.2. The van der Waals surface area contributed by atoms with Crippen LogP contribution < -0.4 is 10.9 Å². The van der Waals surface area contributed by atoms with Crippen molar-refractivity contribution < 1.29 is 4.79 Å². The van der Waals surface area contributed by atoms with Gasteiger partial charge in [-0.25, -0.2) is 4.98 Å². The summed E-state index contributed by atoms with van der Waals surface area (Å²) in [6, 6.07) is 7.73. The number of carbonyl (C=O) groups excluding carboxylic acids is 1. The number of aryl methyl sites for hydroxylation is 2. The van der Waals surface area contributed by atoms with Crippen LogP contribution in [0, 0.1) is 13.8 Å². The number of nitrogens with zero attached hydrogens (tertiary/aromatic N) is 4. The van der Waals surface area contributed by atoms with E-state index in [0.29, 0.717) is 20.4 Å². The van der Waals surface area contributed by atoms with Crippen molar-refractivity contribution in [3.8, 4) is 5.69 Å². The molecule has 3 heterocycles. The van der Waals surface area contributed by atoms with E-state index in [2.05, 4.69) is 22.4 Å². The predicted octanol–water partition coefficient (Wildman–Crippen LogP) is 3.47. The van der Waals surface area contributed by atoms with Crippen LogP contribution in [0.4, 0.5) is 5.13 Å². The van der Waals surface area contributed by atoms with Crippen LogP contribution in [-0.4, -0.2) is 36.7 Å². The van der Waals surface area contributed by atoms with Gasteiger partial charge in [-0.05, 0) is 26.0 Å². The fraction of sp³-hybridized carbons (Fsp3) is 0.316. The van der Waals surface area contributed by atoms with Gasteiger partial charge in [-0.2, -0.15) is 0 Å². The lowest BCUT2D eigenvalue weighted by Gasteiger charge is -2.13. The van der Waals surface area contributed by atoms with Gasteiger partial charge >= 0.3 is 0 Å². The summed E-state index contributed by atoms with van der Waals surface area (Å²) >= 11 is 4.14. The first-order chi connectivity index (χ1) is 13.9. The average molecular weight is 446 g/mol. The molecule has 29 heavy (non-hydrogen) atoms. The molecule has 7 nitrogen and oxygen atoms in total. The third kappa shape index (κ3) is 4.39. The molecule has 1 N–H and O–H groups in total. The number of hydrogen-bond acceptors (Lipinski definition) is 8. The van der Waals surface area contributed by atoms with Crippen LogP contribution >= 0.6 is 34.9 Å². The zero-order valence-electron chi connectivity index (χ0n) is 16.1. The molecule has 0 spiro atoms. The van der Waals surface area contributed by atoms with E-state index in [9.17, 15) is 9.59 Å². The molecule has 0 fully saturated rings. The zero-order chi connectivity index (χ0) is 20.5. The normalized spacial score (nSPS) is 15.3. The number of carbonyl (C=O) groups is 1. The molecule has 3 aromatic rings. The van der Waals surface area contributed by atoms with E-state index < -0.39 is 0 Å². The van der Waals surface area contributed by atoms with Gasteiger partial charge in [0, 0.05) is 11.7 Å². The maximum atomic E-state index is 13.2. The Morgan fingerprint density at radius 2 is 2.03 bits per heavy atom. The van der Waals surface area contributed by atoms with Gasteiger partial charge in [0.1, 0.15) is 5.01 Å². The second kappa shape index (κ2) is 8.29. The summed E-state index contributed by atoms with van der Waals surface area (Å²) in [7, 11) is 0. The third-order valence-corrected chi connectivity index (χ3v) is 7.19. The minimum absolute atomic E-state index is 0.0733. The van der Waals surface area contributed by atoms with Crippen molar-refractivity contribution in [2.24, 2.45) is 0 Å². The summed E-state index contributed by atoms with van der Waals surface area (Å²) < 4.78 is 1.61. The molecule has 1 atom stereocenters. The Bertz CT molecular complexity index is 1120. The second-order valence-corrected chi connectivity index (χ2v) is 10.3. The van der Waals surface area contributed by atoms with Gasteiger partial charge in [0.05, 0.1) is 22.0 Å². The van der Waals surface area contributed by atoms with Crippen LogP contribution in [0.3, 0.4) is 0 Å². The van der Waals surface area contributed by atoms with Gasteiger partial charge in [0.15, 0.2) is 5.16 Å². The van der Waals surface area contributed by atoms with Gasteiger partial charge in [-0.15, -0.1) is 22.0 Å². The van der Waals surface area contributed by atoms with Crippen molar-refractivity contribution in [3.63, 3.8) is 0 Å². The molecule has 150 valence electrons. The number of rotatable bonds is 5. The van der Waals surface area contributed by atoms with Gasteiger partial charge < -0.3 is 0 Å². The Hall–Kier alpha value is -2.17. The summed E-state index contributed by atoms with van der Waals surface area (Å²) in [6.45, 7) is 5.92. The number of amides is 1. The highest BCUT2D eigenvalue weighted by Gasteiger charge is 2.27. The molecule has 1 amide bonds. The number of fused-ring (bicyclic) bond motifs is 1. The monoisotopic (exact) mass is 445 g/mol. The van der Waals surface area contributed by atoms with E-state index in [1.165, 1.54) is 23.1 Å². The van der Waals surface area contributed by atoms with E-state index in [1.807, 2.05) is 38.1 Å². The number of benzene rings is 1. The number of aromatic nitrogens is 4. The summed E-state index contributed by atoms with van der Waals surface area (Å²) in [5, 5.41) is 12.6. The predicted molar refractivity (Wildman–Crippen MR) is 118 cm³/mol. The molecule has 0 aliphatic carbocycles. The summed E-state index contributed by atoms with van der Waals surface area (Å²) in [6.07, 6.45) is 0.758. The molecule has 10 heteroatoms. The van der Waals surface area contributed by atoms with E-state index in [1.54, 1.807) is 16.3 Å². The quantitative estimate of drug-likeness (QED) is 0.475. The first-order valence-electron chi connectivity index (χ1n) is 9.03. The Morgan fingerprint density at radius 1 is 1.28 bits per heavy atom. The van der Waals surface area contributed by atoms with E-state index >= 15 is 0 Å². The lowest BCUT2D eigenvalue weighted by molar-refractivity contribution is -0.113. The van der Waals surface area contributed by atoms with Crippen LogP contribution in [0.1, 0.15) is 23.2 Å². The van der Waals surface area contributed by atoms with Crippen molar-refractivity contribution in [3.05, 3.63) is 50.9 Å². The molecular weight excluding hydrogens is 426 g/mol. The summed E-state index contributed by atoms with van der Waals surface area (Å²) in [5.41, 5.74) is 2.60. The Labute approximate surface area is 180 Å². The molecule has 1 aromatic carbocycles. The molecule has 1 unspecified atom stereocenters. The van der Waals surface area contributed by atoms with Crippen molar-refractivity contribution in [2.75, 3.05) is 11.1 Å². The fourth-order valence-electron chi connectivity index (χ4n) is 2.95. The van der Waals surface area contributed by atoms with Crippen LogP contribution in [0.5, 0.6) is 0 Å². The second-order valence-electron chi connectivity index (χ2n) is 6.74. The Morgan fingerprint density at radius 3 is 2.72 bits per heavy atom. The van der Waals surface area contributed by atoms with Gasteiger partial charge in [-0.3, -0.25) is 19.5 Å². The SMILES string of the molecule is Cc1ccc(-n2c(SCC(=O)Nc3nnc(C)s3)nc3c(c2=O)SC(C)C3)cc1. The van der Waals surface area contributed by atoms with Gasteiger partial charge in [0.25, 0.3) is 5.56 Å². The van der Waals surface area contributed by atoms with Crippen molar-refractivity contribution in [2.45, 2.75) is 42.5 Å². The molecule has 0 bridgehead atoms. The molecule has 4 rings (SSSR count). The third-order valence-electron chi connectivity index (χ3n) is 4.28. The van der Waals surface area contributed by atoms with Crippen molar-refractivity contribution in [1.29, 1.82) is 0 Å². The Kier molecular flexibility index (Phi) is 5.75. The first-order valence-corrected chi connectivity index (χ1v) is 11.7. The standard InChI is InChI=1S/C19H19N5O2S3/c1-10-4-6-13(7-5-10)24-17(26)16-14(8-11(2)28-16)20-19(24)27-9-15(25)21-18-23-22-12(3)29-18/h4-7,11H,8-9H2,1-3H3,(H,21,23,25). The van der Waals surface area contributed by atoms with E-state index in [0.717, 1.165) is 28.4 Å². The van der Waals surface area contributed by atoms with Crippen LogP contribution in [-0.2, 0) is 11.2 Å². The highest BCUT2D eigenvalue weighted by molar-refractivity contribution is 8.00. The maximum Gasteiger partial charge on any atom is 0.272 e. The number of anilines is 1. The molecule has 0 radical (unpaired) electrons. The topological polar surface area (TPSA) is 89.8 Å². The smallest absolute Gasteiger partial charge is 0.272 e. The highest BCUT2D eigenvalue weighted by Crippen LogP contribution is 2.34. The highest BCUT2D eigenvalue weighted by atomic mass is 32.2. The van der Waals surface area contributed by atoms with E-state index in [-0.39, 0.29) is 17.2 Å². The zero-order valence-corrected chi connectivity index (χ0v) is 18.6. The minimum Gasteiger partial charge on any atom is -0.300 e. The minimum atomic E-state index is -0.209. The number of nitrogens with one attached hydrogen (secondary N) is 1. The molecule has 1 aliphatic heterocycles. The molecule has 2 aromatic heterocycles. The molecular formula is C19H19N5O2S3. The largest absolute Gasteiger partial charge is 0.300 e. The lowest BCUT2D eigenvalue weighted by atomic mass is 10.2. The Balaban J connectivity index is 1.64. The fourth-order valence-corrected chi connectivity index (χ4v) is 5.48. The van der Waals surface area contributed by atoms with Crippen molar-refractivity contribution in [1.82, 2.24) is 19.7 Å². The van der Waals surface area contributed by atoms with Crippen LogP contribution in [0.2, 0.25) is 0 Å². The number of thioether (sulfide) groups is 2. The summed E-state index contributed by atoms with van der Waals surface area (Å²) in [5.74, 6) is -0.0857. The van der Waals surface area contributed by atoms with Crippen molar-refractivity contribution >= 4 is 45.9 Å². The average Bonchev–Trinajstić information content (AvgIpc) is 3.26.